The molecule has 102 valence electrons. The van der Waals surface area contributed by atoms with Gasteiger partial charge in [0.15, 0.2) is 0 Å². The Morgan fingerprint density at radius 2 is 1.83 bits per heavy atom. The maximum atomic E-state index is 12.3. The highest BCUT2D eigenvalue weighted by molar-refractivity contribution is 5.20. The van der Waals surface area contributed by atoms with Crippen molar-refractivity contribution in [1.29, 1.82) is 0 Å². The predicted molar refractivity (Wildman–Crippen MR) is 62.2 cm³/mol. The van der Waals surface area contributed by atoms with E-state index in [0.717, 1.165) is 25.1 Å². The van der Waals surface area contributed by atoms with Crippen molar-refractivity contribution in [1.82, 2.24) is 4.98 Å². The molecule has 0 radical (unpaired) electrons. The van der Waals surface area contributed by atoms with Crippen LogP contribution in [0.5, 0.6) is 5.88 Å². The molecule has 1 heterocycles. The van der Waals surface area contributed by atoms with Gasteiger partial charge in [0.2, 0.25) is 5.88 Å². The first-order valence-electron chi connectivity index (χ1n) is 5.75. The van der Waals surface area contributed by atoms with Gasteiger partial charge in [-0.25, -0.2) is 4.98 Å². The third-order valence-electron chi connectivity index (χ3n) is 2.98. The van der Waals surface area contributed by atoms with Crippen molar-refractivity contribution in [3.05, 3.63) is 23.9 Å². The summed E-state index contributed by atoms with van der Waals surface area (Å²) >= 11 is 0. The molecular formula is C12H17F3N2O. The largest absolute Gasteiger partial charge is 0.476 e. The summed E-state index contributed by atoms with van der Waals surface area (Å²) in [4.78, 5) is 3.62. The van der Waals surface area contributed by atoms with Crippen LogP contribution in [0.3, 0.4) is 0 Å². The number of rotatable bonds is 5. The van der Waals surface area contributed by atoms with Crippen LogP contribution in [-0.2, 0) is 6.18 Å². The van der Waals surface area contributed by atoms with Crippen molar-refractivity contribution in [3.63, 3.8) is 0 Å². The number of hydrogen-bond donors (Lipinski definition) is 1. The van der Waals surface area contributed by atoms with E-state index in [4.69, 9.17) is 10.5 Å². The zero-order chi connectivity index (χ0) is 13.8. The van der Waals surface area contributed by atoms with Gasteiger partial charge in [0.1, 0.15) is 6.61 Å². The topological polar surface area (TPSA) is 48.1 Å². The highest BCUT2D eigenvalue weighted by Crippen LogP contribution is 2.29. The van der Waals surface area contributed by atoms with E-state index in [1.165, 1.54) is 6.07 Å². The molecular weight excluding hydrogens is 245 g/mol. The van der Waals surface area contributed by atoms with Gasteiger partial charge in [0.05, 0.1) is 5.56 Å². The molecule has 1 rings (SSSR count). The summed E-state index contributed by atoms with van der Waals surface area (Å²) in [5.74, 6) is 0.153. The monoisotopic (exact) mass is 262 g/mol. The van der Waals surface area contributed by atoms with Crippen molar-refractivity contribution in [2.24, 2.45) is 5.73 Å². The van der Waals surface area contributed by atoms with E-state index in [0.29, 0.717) is 0 Å². The zero-order valence-electron chi connectivity index (χ0n) is 10.4. The lowest BCUT2D eigenvalue weighted by atomic mass is 9.96. The van der Waals surface area contributed by atoms with Crippen molar-refractivity contribution < 1.29 is 17.9 Å². The molecule has 0 aromatic carbocycles. The van der Waals surface area contributed by atoms with Crippen molar-refractivity contribution in [2.45, 2.75) is 38.4 Å². The first-order chi connectivity index (χ1) is 8.30. The summed E-state index contributed by atoms with van der Waals surface area (Å²) in [5.41, 5.74) is 4.75. The van der Waals surface area contributed by atoms with Crippen molar-refractivity contribution >= 4 is 0 Å². The van der Waals surface area contributed by atoms with E-state index in [1.54, 1.807) is 0 Å². The van der Waals surface area contributed by atoms with E-state index in [1.807, 2.05) is 13.8 Å². The van der Waals surface area contributed by atoms with E-state index in [2.05, 4.69) is 4.98 Å². The second kappa shape index (κ2) is 5.56. The Morgan fingerprint density at radius 3 is 2.22 bits per heavy atom. The normalized spacial score (nSPS) is 12.6. The minimum absolute atomic E-state index is 0.153. The summed E-state index contributed by atoms with van der Waals surface area (Å²) in [5, 5.41) is 0. The third kappa shape index (κ3) is 3.87. The van der Waals surface area contributed by atoms with Gasteiger partial charge in [-0.1, -0.05) is 13.8 Å². The van der Waals surface area contributed by atoms with Crippen LogP contribution in [0.25, 0.3) is 0 Å². The molecule has 0 amide bonds. The molecule has 2 N–H and O–H groups in total. The Morgan fingerprint density at radius 1 is 1.22 bits per heavy atom. The predicted octanol–water partition coefficient (Wildman–Crippen LogP) is 3.00. The van der Waals surface area contributed by atoms with Gasteiger partial charge < -0.3 is 10.5 Å². The van der Waals surface area contributed by atoms with E-state index >= 15 is 0 Å². The van der Waals surface area contributed by atoms with E-state index in [9.17, 15) is 13.2 Å². The number of pyridine rings is 1. The number of alkyl halides is 3. The Bertz CT molecular complexity index is 372. The molecule has 3 nitrogen and oxygen atoms in total. The smallest absolute Gasteiger partial charge is 0.417 e. The van der Waals surface area contributed by atoms with Crippen LogP contribution in [0.2, 0.25) is 0 Å². The third-order valence-corrected chi connectivity index (χ3v) is 2.98. The molecule has 1 aromatic heterocycles. The highest BCUT2D eigenvalue weighted by Gasteiger charge is 2.30. The average molecular weight is 262 g/mol. The summed E-state index contributed by atoms with van der Waals surface area (Å²) in [7, 11) is 0. The number of hydrogen-bond acceptors (Lipinski definition) is 3. The quantitative estimate of drug-likeness (QED) is 0.887. The van der Waals surface area contributed by atoms with Crippen LogP contribution in [0.1, 0.15) is 32.3 Å². The van der Waals surface area contributed by atoms with Crippen molar-refractivity contribution in [2.75, 3.05) is 6.61 Å². The molecule has 6 heteroatoms. The number of nitrogens with zero attached hydrogens (tertiary/aromatic N) is 1. The number of aromatic nitrogens is 1. The summed E-state index contributed by atoms with van der Waals surface area (Å²) in [6.45, 7) is 4.11. The fourth-order valence-corrected chi connectivity index (χ4v) is 1.31. The summed E-state index contributed by atoms with van der Waals surface area (Å²) < 4.78 is 42.2. The maximum absolute atomic E-state index is 12.3. The fraction of sp³-hybridized carbons (Fsp3) is 0.583. The van der Waals surface area contributed by atoms with Crippen LogP contribution in [0, 0.1) is 0 Å². The van der Waals surface area contributed by atoms with Crippen LogP contribution < -0.4 is 10.5 Å². The van der Waals surface area contributed by atoms with Gasteiger partial charge in [0, 0.05) is 17.8 Å². The fourth-order valence-electron chi connectivity index (χ4n) is 1.31. The first-order valence-corrected chi connectivity index (χ1v) is 5.75. The van der Waals surface area contributed by atoms with Crippen LogP contribution >= 0.6 is 0 Å². The lowest BCUT2D eigenvalue weighted by Crippen LogP contribution is -2.44. The number of nitrogens with two attached hydrogens (primary N) is 1. The van der Waals surface area contributed by atoms with E-state index in [-0.39, 0.29) is 12.5 Å². The molecule has 0 bridgehead atoms. The summed E-state index contributed by atoms with van der Waals surface area (Å²) in [6.07, 6.45) is -2.17. The molecule has 0 aliphatic heterocycles. The van der Waals surface area contributed by atoms with Crippen LogP contribution in [0.15, 0.2) is 18.3 Å². The minimum Gasteiger partial charge on any atom is -0.476 e. The first kappa shape index (κ1) is 14.8. The Kier molecular flexibility index (Phi) is 4.56. The molecule has 1 aromatic rings. The molecule has 0 spiro atoms. The molecule has 0 saturated heterocycles. The SMILES string of the molecule is CCC(N)(CC)COc1ccc(C(F)(F)F)cn1. The number of ether oxygens (including phenoxy) is 1. The second-order valence-electron chi connectivity index (χ2n) is 4.24. The van der Waals surface area contributed by atoms with E-state index < -0.39 is 17.3 Å². The highest BCUT2D eigenvalue weighted by atomic mass is 19.4. The molecule has 18 heavy (non-hydrogen) atoms. The molecule has 0 atom stereocenters. The Hall–Kier alpha value is -1.30. The lowest BCUT2D eigenvalue weighted by molar-refractivity contribution is -0.137. The average Bonchev–Trinajstić information content (AvgIpc) is 2.35. The molecule has 0 aliphatic carbocycles. The van der Waals surface area contributed by atoms with Crippen LogP contribution in [-0.4, -0.2) is 17.1 Å². The minimum atomic E-state index is -4.38. The standard InChI is InChI=1S/C12H17F3N2O/c1-3-11(16,4-2)8-18-10-6-5-9(7-17-10)12(13,14)15/h5-7H,3-4,8,16H2,1-2H3. The van der Waals surface area contributed by atoms with Gasteiger partial charge in [-0.05, 0) is 18.9 Å². The summed E-state index contributed by atoms with van der Waals surface area (Å²) in [6, 6.07) is 2.15. The van der Waals surface area contributed by atoms with Gasteiger partial charge in [-0.3, -0.25) is 0 Å². The number of halogens is 3. The van der Waals surface area contributed by atoms with Gasteiger partial charge in [0.25, 0.3) is 0 Å². The van der Waals surface area contributed by atoms with Gasteiger partial charge in [-0.2, -0.15) is 13.2 Å². The van der Waals surface area contributed by atoms with Gasteiger partial charge in [-0.15, -0.1) is 0 Å². The van der Waals surface area contributed by atoms with Gasteiger partial charge >= 0.3 is 6.18 Å². The zero-order valence-corrected chi connectivity index (χ0v) is 10.4. The van der Waals surface area contributed by atoms with Crippen molar-refractivity contribution in [3.8, 4) is 5.88 Å². The maximum Gasteiger partial charge on any atom is 0.417 e. The molecule has 0 unspecified atom stereocenters. The Labute approximate surface area is 104 Å². The second-order valence-corrected chi connectivity index (χ2v) is 4.24. The molecule has 0 saturated carbocycles. The Balaban J connectivity index is 2.65. The molecule has 0 aliphatic rings. The molecule has 0 fully saturated rings. The lowest BCUT2D eigenvalue weighted by Gasteiger charge is -2.26. The van der Waals surface area contributed by atoms with Crippen LogP contribution in [0.4, 0.5) is 13.2 Å².